The molecule has 0 aromatic carbocycles. The van der Waals surface area contributed by atoms with Crippen molar-refractivity contribution in [1.82, 2.24) is 0 Å². The van der Waals surface area contributed by atoms with Crippen molar-refractivity contribution in [3.63, 3.8) is 0 Å². The summed E-state index contributed by atoms with van der Waals surface area (Å²) in [6.07, 6.45) is 88.3. The third kappa shape index (κ3) is 65.5. The lowest BCUT2D eigenvalue weighted by atomic mass is 10.0. The van der Waals surface area contributed by atoms with Gasteiger partial charge in [-0.3, -0.25) is 14.4 Å². The van der Waals surface area contributed by atoms with Gasteiger partial charge in [0, 0.05) is 19.3 Å². The number of esters is 3. The van der Waals surface area contributed by atoms with Crippen LogP contribution >= 0.6 is 0 Å². The van der Waals surface area contributed by atoms with Gasteiger partial charge in [-0.15, -0.1) is 0 Å². The number of hydrogen-bond acceptors (Lipinski definition) is 6. The van der Waals surface area contributed by atoms with Crippen LogP contribution in [0.5, 0.6) is 0 Å². The molecule has 79 heavy (non-hydrogen) atoms. The lowest BCUT2D eigenvalue weighted by molar-refractivity contribution is -0.167. The molecule has 0 fully saturated rings. The maximum atomic E-state index is 12.9. The first-order valence-corrected chi connectivity index (χ1v) is 34.4. The Kier molecular flexibility index (Phi) is 64.7. The van der Waals surface area contributed by atoms with Crippen molar-refractivity contribution in [2.45, 2.75) is 361 Å². The topological polar surface area (TPSA) is 78.9 Å². The first-order valence-electron chi connectivity index (χ1n) is 34.4. The van der Waals surface area contributed by atoms with Gasteiger partial charge < -0.3 is 14.2 Å². The van der Waals surface area contributed by atoms with E-state index in [0.29, 0.717) is 19.3 Å². The first-order chi connectivity index (χ1) is 39.0. The predicted molar refractivity (Wildman–Crippen MR) is 344 cm³/mol. The molecule has 0 bridgehead atoms. The number of hydrogen-bond donors (Lipinski definition) is 0. The first kappa shape index (κ1) is 75.8. The SMILES string of the molecule is CCCCCCC/C=C\C/C=C\C/C=C\CCCCCCCCCCCCCCCCC(=O)OCC(COC(=O)CCCCCCC)OC(=O)CCCCCCCCCCCCCC/C=C\C/C=C\C/C=C\CCCCCCC. The molecule has 0 radical (unpaired) electrons. The maximum Gasteiger partial charge on any atom is 0.306 e. The molecule has 0 aliphatic rings. The van der Waals surface area contributed by atoms with Crippen molar-refractivity contribution in [3.05, 3.63) is 72.9 Å². The summed E-state index contributed by atoms with van der Waals surface area (Å²) in [4.78, 5) is 38.0. The van der Waals surface area contributed by atoms with Crippen molar-refractivity contribution < 1.29 is 28.6 Å². The van der Waals surface area contributed by atoms with E-state index in [4.69, 9.17) is 14.2 Å². The van der Waals surface area contributed by atoms with Crippen molar-refractivity contribution in [1.29, 1.82) is 0 Å². The van der Waals surface area contributed by atoms with Gasteiger partial charge in [0.05, 0.1) is 0 Å². The minimum Gasteiger partial charge on any atom is -0.462 e. The Morgan fingerprint density at radius 1 is 0.253 bits per heavy atom. The number of rotatable bonds is 63. The molecule has 0 saturated heterocycles. The molecule has 0 aromatic heterocycles. The van der Waals surface area contributed by atoms with Crippen LogP contribution in [0, 0.1) is 0 Å². The van der Waals surface area contributed by atoms with Crippen LogP contribution in [0.2, 0.25) is 0 Å². The maximum absolute atomic E-state index is 12.9. The van der Waals surface area contributed by atoms with Crippen LogP contribution in [0.1, 0.15) is 355 Å². The molecular weight excluding hydrogens is 973 g/mol. The molecule has 0 aliphatic carbocycles. The second-order valence-electron chi connectivity index (χ2n) is 23.1. The molecule has 6 nitrogen and oxygen atoms in total. The molecule has 0 aromatic rings. The smallest absolute Gasteiger partial charge is 0.306 e. The van der Waals surface area contributed by atoms with Crippen molar-refractivity contribution >= 4 is 17.9 Å². The van der Waals surface area contributed by atoms with Crippen LogP contribution < -0.4 is 0 Å². The Morgan fingerprint density at radius 2 is 0.456 bits per heavy atom. The van der Waals surface area contributed by atoms with E-state index in [1.54, 1.807) is 0 Å². The molecule has 0 saturated carbocycles. The zero-order valence-electron chi connectivity index (χ0n) is 52.6. The fraction of sp³-hybridized carbons (Fsp3) is 0.795. The van der Waals surface area contributed by atoms with Gasteiger partial charge in [-0.25, -0.2) is 0 Å². The highest BCUT2D eigenvalue weighted by Gasteiger charge is 2.19. The van der Waals surface area contributed by atoms with Crippen molar-refractivity contribution in [3.8, 4) is 0 Å². The molecule has 1 unspecified atom stereocenters. The average Bonchev–Trinajstić information content (AvgIpc) is 3.45. The quantitative estimate of drug-likeness (QED) is 0.0261. The highest BCUT2D eigenvalue weighted by molar-refractivity contribution is 5.71. The van der Waals surface area contributed by atoms with E-state index in [1.165, 1.54) is 225 Å². The monoisotopic (exact) mass is 1100 g/mol. The van der Waals surface area contributed by atoms with Crippen LogP contribution in [-0.2, 0) is 28.6 Å². The molecule has 0 aliphatic heterocycles. The zero-order chi connectivity index (χ0) is 57.1. The van der Waals surface area contributed by atoms with Gasteiger partial charge in [0.2, 0.25) is 0 Å². The number of carbonyl (C=O) groups excluding carboxylic acids is 3. The van der Waals surface area contributed by atoms with Gasteiger partial charge in [0.1, 0.15) is 13.2 Å². The standard InChI is InChI=1S/C73H130O6/c1-4-7-10-13-15-17-19-21-23-25-27-29-31-33-35-36-38-39-41-43-45-47-49-51-53-55-57-60-63-66-72(75)78-69-70(68-77-71(74)65-62-59-12-9-6-3)79-73(76)67-64-61-58-56-54-52-50-48-46-44-42-40-37-34-32-30-28-26-24-22-20-18-16-14-11-8-5-2/h19-22,25-28,31-34,70H,4-18,23-24,29-30,35-69H2,1-3H3/b21-19-,22-20-,27-25-,28-26-,33-31-,34-32-. The van der Waals surface area contributed by atoms with Gasteiger partial charge in [0.25, 0.3) is 0 Å². The minimum atomic E-state index is -0.773. The fourth-order valence-electron chi connectivity index (χ4n) is 9.99. The summed E-state index contributed by atoms with van der Waals surface area (Å²) in [7, 11) is 0. The third-order valence-electron chi connectivity index (χ3n) is 15.2. The Morgan fingerprint density at radius 3 is 0.709 bits per heavy atom. The summed E-state index contributed by atoms with van der Waals surface area (Å²) in [5.74, 6) is -0.875. The highest BCUT2D eigenvalue weighted by Crippen LogP contribution is 2.17. The molecule has 458 valence electrons. The molecular formula is C73H130O6. The number of allylic oxidation sites excluding steroid dienone is 12. The van der Waals surface area contributed by atoms with Gasteiger partial charge in [-0.2, -0.15) is 0 Å². The normalized spacial score (nSPS) is 12.5. The number of carbonyl (C=O) groups is 3. The predicted octanol–water partition coefficient (Wildman–Crippen LogP) is 23.7. The van der Waals surface area contributed by atoms with E-state index in [9.17, 15) is 14.4 Å². The summed E-state index contributed by atoms with van der Waals surface area (Å²) in [5.41, 5.74) is 0. The lowest BCUT2D eigenvalue weighted by Gasteiger charge is -2.18. The Bertz CT molecular complexity index is 1450. The van der Waals surface area contributed by atoms with Gasteiger partial charge in [-0.1, -0.05) is 312 Å². The van der Waals surface area contributed by atoms with Gasteiger partial charge in [0.15, 0.2) is 6.10 Å². The third-order valence-corrected chi connectivity index (χ3v) is 15.2. The minimum absolute atomic E-state index is 0.0738. The molecule has 0 spiro atoms. The summed E-state index contributed by atoms with van der Waals surface area (Å²) < 4.78 is 16.8. The zero-order valence-corrected chi connectivity index (χ0v) is 52.6. The van der Waals surface area contributed by atoms with Crippen molar-refractivity contribution in [2.75, 3.05) is 13.2 Å². The highest BCUT2D eigenvalue weighted by atomic mass is 16.6. The van der Waals surface area contributed by atoms with E-state index >= 15 is 0 Å². The van der Waals surface area contributed by atoms with Gasteiger partial charge in [-0.05, 0) is 96.3 Å². The van der Waals surface area contributed by atoms with E-state index in [0.717, 1.165) is 89.9 Å². The molecule has 0 rings (SSSR count). The van der Waals surface area contributed by atoms with Crippen LogP contribution in [0.3, 0.4) is 0 Å². The van der Waals surface area contributed by atoms with E-state index in [-0.39, 0.29) is 31.1 Å². The fourth-order valence-corrected chi connectivity index (χ4v) is 9.99. The summed E-state index contributed by atoms with van der Waals surface area (Å²) in [5, 5.41) is 0. The number of ether oxygens (including phenoxy) is 3. The van der Waals surface area contributed by atoms with Crippen molar-refractivity contribution in [2.24, 2.45) is 0 Å². The average molecular weight is 1100 g/mol. The van der Waals surface area contributed by atoms with Crippen LogP contribution in [0.15, 0.2) is 72.9 Å². The summed E-state index contributed by atoms with van der Waals surface area (Å²) in [6.45, 7) is 6.57. The molecule has 0 heterocycles. The molecule has 0 N–H and O–H groups in total. The second kappa shape index (κ2) is 67.4. The molecule has 6 heteroatoms. The van der Waals surface area contributed by atoms with Gasteiger partial charge >= 0.3 is 17.9 Å². The number of unbranched alkanes of at least 4 members (excludes halogenated alkanes) is 40. The Hall–Kier alpha value is -3.15. The van der Waals surface area contributed by atoms with Crippen LogP contribution in [-0.4, -0.2) is 37.2 Å². The Balaban J connectivity index is 3.99. The molecule has 0 amide bonds. The lowest BCUT2D eigenvalue weighted by Crippen LogP contribution is -2.30. The van der Waals surface area contributed by atoms with E-state index in [2.05, 4.69) is 93.7 Å². The van der Waals surface area contributed by atoms with Crippen LogP contribution in [0.4, 0.5) is 0 Å². The van der Waals surface area contributed by atoms with E-state index < -0.39 is 6.10 Å². The van der Waals surface area contributed by atoms with Crippen LogP contribution in [0.25, 0.3) is 0 Å². The largest absolute Gasteiger partial charge is 0.462 e. The summed E-state index contributed by atoms with van der Waals surface area (Å²) in [6, 6.07) is 0. The Labute approximate surface area is 491 Å². The van der Waals surface area contributed by atoms with E-state index in [1.807, 2.05) is 0 Å². The second-order valence-corrected chi connectivity index (χ2v) is 23.1. The molecule has 1 atom stereocenters. The summed E-state index contributed by atoms with van der Waals surface area (Å²) >= 11 is 0.